The molecule has 1 aliphatic heterocycles. The van der Waals surface area contributed by atoms with Gasteiger partial charge in [-0.05, 0) is 37.6 Å². The molecule has 0 bridgehead atoms. The summed E-state index contributed by atoms with van der Waals surface area (Å²) in [5.41, 5.74) is 9.31. The topological polar surface area (TPSA) is 83.6 Å². The minimum absolute atomic E-state index is 0.121. The fourth-order valence-electron chi connectivity index (χ4n) is 3.01. The van der Waals surface area contributed by atoms with Crippen molar-refractivity contribution < 1.29 is 4.79 Å². The van der Waals surface area contributed by atoms with E-state index in [4.69, 9.17) is 5.73 Å². The van der Waals surface area contributed by atoms with Crippen LogP contribution >= 0.6 is 0 Å². The predicted molar refractivity (Wildman–Crippen MR) is 108 cm³/mol. The smallest absolute Gasteiger partial charge is 0.150 e. The van der Waals surface area contributed by atoms with Gasteiger partial charge in [-0.3, -0.25) is 4.99 Å². The number of anilines is 1. The van der Waals surface area contributed by atoms with Gasteiger partial charge in [-0.1, -0.05) is 13.8 Å². The average Bonchev–Trinajstić information content (AvgIpc) is 2.62. The Morgan fingerprint density at radius 1 is 1.46 bits per heavy atom. The van der Waals surface area contributed by atoms with Crippen LogP contribution in [0, 0.1) is 5.92 Å². The van der Waals surface area contributed by atoms with Crippen molar-refractivity contribution in [2.24, 2.45) is 16.6 Å². The van der Waals surface area contributed by atoms with E-state index in [0.29, 0.717) is 11.5 Å². The van der Waals surface area contributed by atoms with E-state index in [0.717, 1.165) is 29.1 Å². The Morgan fingerprint density at radius 2 is 2.19 bits per heavy atom. The highest BCUT2D eigenvalue weighted by molar-refractivity contribution is 6.03. The van der Waals surface area contributed by atoms with Crippen LogP contribution in [-0.4, -0.2) is 36.8 Å². The number of likely N-dealkylation sites (N-methyl/N-ethyl adjacent to an activating group) is 1. The summed E-state index contributed by atoms with van der Waals surface area (Å²) in [6.07, 6.45) is 8.28. The molecule has 2 unspecified atom stereocenters. The van der Waals surface area contributed by atoms with E-state index in [2.05, 4.69) is 36.1 Å². The molecule has 3 N–H and O–H groups in total. The largest absolute Gasteiger partial charge is 0.386 e. The first kappa shape index (κ1) is 19.5. The number of hydrogen-bond acceptors (Lipinski definition) is 6. The van der Waals surface area contributed by atoms with E-state index in [9.17, 15) is 4.79 Å². The Bertz CT molecular complexity index is 802. The van der Waals surface area contributed by atoms with Crippen LogP contribution in [0.15, 0.2) is 40.9 Å². The number of rotatable bonds is 6. The number of aromatic nitrogens is 1. The second kappa shape index (κ2) is 8.50. The number of carbonyl (C=O) groups excluding carboxylic acids is 1. The van der Waals surface area contributed by atoms with Crippen LogP contribution < -0.4 is 16.0 Å². The molecule has 138 valence electrons. The van der Waals surface area contributed by atoms with Crippen molar-refractivity contribution in [2.75, 3.05) is 19.0 Å². The molecular formula is C20H27N5O. The molecular weight excluding hydrogens is 326 g/mol. The Hall–Kier alpha value is -2.85. The molecule has 2 rings (SSSR count). The summed E-state index contributed by atoms with van der Waals surface area (Å²) in [4.78, 5) is 21.8. The summed E-state index contributed by atoms with van der Waals surface area (Å²) in [7, 11) is 3.60. The summed E-state index contributed by atoms with van der Waals surface area (Å²) in [5.74, 6) is 3.48. The van der Waals surface area contributed by atoms with Gasteiger partial charge in [-0.15, -0.1) is 0 Å². The normalized spacial score (nSPS) is 16.8. The lowest BCUT2D eigenvalue weighted by molar-refractivity contribution is 0.520. The molecule has 0 saturated heterocycles. The van der Waals surface area contributed by atoms with Gasteiger partial charge in [0.15, 0.2) is 5.94 Å². The first-order valence-corrected chi connectivity index (χ1v) is 8.79. The van der Waals surface area contributed by atoms with Crippen LogP contribution in [0.4, 0.5) is 5.82 Å². The Labute approximate surface area is 155 Å². The zero-order valence-corrected chi connectivity index (χ0v) is 16.1. The molecule has 2 heterocycles. The van der Waals surface area contributed by atoms with Gasteiger partial charge in [-0.2, -0.15) is 0 Å². The molecule has 1 aliphatic rings. The predicted octanol–water partition coefficient (Wildman–Crippen LogP) is 2.50. The Morgan fingerprint density at radius 3 is 2.81 bits per heavy atom. The number of hydrogen-bond donors (Lipinski definition) is 2. The van der Waals surface area contributed by atoms with Crippen molar-refractivity contribution in [1.82, 2.24) is 10.3 Å². The molecule has 0 radical (unpaired) electrons. The monoisotopic (exact) mass is 353 g/mol. The molecule has 6 heteroatoms. The third-order valence-corrected chi connectivity index (χ3v) is 4.64. The third kappa shape index (κ3) is 4.03. The molecule has 0 amide bonds. The van der Waals surface area contributed by atoms with Crippen molar-refractivity contribution in [3.8, 4) is 0 Å². The number of nitrogens with zero attached hydrogens (tertiary/aromatic N) is 3. The molecule has 1 aromatic rings. The molecule has 6 nitrogen and oxygen atoms in total. The lowest BCUT2D eigenvalue weighted by Gasteiger charge is -2.26. The quantitative estimate of drug-likeness (QED) is 0.606. The first-order valence-electron chi connectivity index (χ1n) is 8.79. The van der Waals surface area contributed by atoms with Crippen LogP contribution in [0.1, 0.15) is 38.3 Å². The first-order chi connectivity index (χ1) is 12.4. The van der Waals surface area contributed by atoms with Gasteiger partial charge in [0.25, 0.3) is 0 Å². The van der Waals surface area contributed by atoms with Crippen LogP contribution in [0.2, 0.25) is 0 Å². The summed E-state index contributed by atoms with van der Waals surface area (Å²) < 4.78 is 0. The summed E-state index contributed by atoms with van der Waals surface area (Å²) >= 11 is 0. The van der Waals surface area contributed by atoms with Gasteiger partial charge < -0.3 is 16.0 Å². The van der Waals surface area contributed by atoms with Gasteiger partial charge >= 0.3 is 0 Å². The minimum Gasteiger partial charge on any atom is -0.386 e. The number of fused-ring (bicyclic) bond motifs is 1. The summed E-state index contributed by atoms with van der Waals surface area (Å²) in [6.45, 7) is 6.26. The van der Waals surface area contributed by atoms with E-state index < -0.39 is 0 Å². The fraction of sp³-hybridized carbons (Fsp3) is 0.400. The summed E-state index contributed by atoms with van der Waals surface area (Å²) in [6, 6.07) is 2.17. The Balaban J connectivity index is 2.29. The lowest BCUT2D eigenvalue weighted by atomic mass is 9.92. The SMILES string of the molecule is CC/C=C(/N)NC(C)C(C)C(=NC)c1cnc2c(c1)C=CC(=C=O)N2C. The molecule has 1 aromatic heterocycles. The summed E-state index contributed by atoms with van der Waals surface area (Å²) in [5, 5.41) is 3.32. The van der Waals surface area contributed by atoms with Gasteiger partial charge in [0.05, 0.1) is 5.82 Å². The van der Waals surface area contributed by atoms with E-state index in [-0.39, 0.29) is 12.0 Å². The lowest BCUT2D eigenvalue weighted by Crippen LogP contribution is -2.38. The van der Waals surface area contributed by atoms with Crippen LogP contribution in [0.3, 0.4) is 0 Å². The second-order valence-corrected chi connectivity index (χ2v) is 6.41. The van der Waals surface area contributed by atoms with Crippen molar-refractivity contribution in [3.05, 3.63) is 47.1 Å². The molecule has 2 atom stereocenters. The van der Waals surface area contributed by atoms with Gasteiger partial charge in [-0.25, -0.2) is 9.78 Å². The minimum atomic E-state index is 0.121. The fourth-order valence-corrected chi connectivity index (χ4v) is 3.01. The highest BCUT2D eigenvalue weighted by atomic mass is 16.1. The van der Waals surface area contributed by atoms with Crippen molar-refractivity contribution in [2.45, 2.75) is 33.2 Å². The van der Waals surface area contributed by atoms with Gasteiger partial charge in [0.1, 0.15) is 11.5 Å². The molecule has 26 heavy (non-hydrogen) atoms. The maximum absolute atomic E-state index is 11.0. The number of nitrogens with two attached hydrogens (primary N) is 1. The average molecular weight is 353 g/mol. The van der Waals surface area contributed by atoms with Crippen LogP contribution in [0.25, 0.3) is 6.08 Å². The van der Waals surface area contributed by atoms with Crippen LogP contribution in [0.5, 0.6) is 0 Å². The van der Waals surface area contributed by atoms with Gasteiger partial charge in [0, 0.05) is 49.1 Å². The van der Waals surface area contributed by atoms with Crippen molar-refractivity contribution in [1.29, 1.82) is 0 Å². The number of pyridine rings is 1. The third-order valence-electron chi connectivity index (χ3n) is 4.64. The Kier molecular flexibility index (Phi) is 6.36. The van der Waals surface area contributed by atoms with E-state index in [1.165, 1.54) is 0 Å². The molecule has 0 aromatic carbocycles. The molecule has 0 aliphatic carbocycles. The molecule has 0 fully saturated rings. The van der Waals surface area contributed by atoms with E-state index >= 15 is 0 Å². The number of aliphatic imine (C=N–C) groups is 1. The maximum Gasteiger partial charge on any atom is 0.150 e. The van der Waals surface area contributed by atoms with Crippen molar-refractivity contribution in [3.63, 3.8) is 0 Å². The zero-order chi connectivity index (χ0) is 19.3. The zero-order valence-electron chi connectivity index (χ0n) is 16.1. The van der Waals surface area contributed by atoms with Crippen molar-refractivity contribution >= 4 is 23.5 Å². The van der Waals surface area contributed by atoms with Crippen LogP contribution in [-0.2, 0) is 4.79 Å². The number of allylic oxidation sites excluding steroid dienone is 2. The number of nitrogens with one attached hydrogen (secondary N) is 1. The molecule has 0 spiro atoms. The molecule has 0 saturated carbocycles. The highest BCUT2D eigenvalue weighted by Crippen LogP contribution is 2.28. The van der Waals surface area contributed by atoms with E-state index in [1.54, 1.807) is 24.2 Å². The van der Waals surface area contributed by atoms with E-state index in [1.807, 2.05) is 31.2 Å². The van der Waals surface area contributed by atoms with Gasteiger partial charge in [0.2, 0.25) is 0 Å². The highest BCUT2D eigenvalue weighted by Gasteiger charge is 2.22. The maximum atomic E-state index is 11.0. The second-order valence-electron chi connectivity index (χ2n) is 6.41. The standard InChI is InChI=1S/C20H27N5O/c1-6-7-18(21)24-14(3)13(2)19(22-4)16-10-15-8-9-17(12-26)25(5)20(15)23-11-16/h7-11,13-14,24H,6,21H2,1-5H3/b18-7-,22-19?.